The van der Waals surface area contributed by atoms with Gasteiger partial charge >= 0.3 is 0 Å². The Balaban J connectivity index is 1.91. The Morgan fingerprint density at radius 3 is 2.82 bits per heavy atom. The Bertz CT molecular complexity index is 670. The molecule has 0 aliphatic rings. The molecule has 0 aliphatic carbocycles. The lowest BCUT2D eigenvalue weighted by atomic mass is 10.1. The van der Waals surface area contributed by atoms with E-state index in [0.29, 0.717) is 18.0 Å². The minimum Gasteiger partial charge on any atom is -0.496 e. The number of hydrogen-bond acceptors (Lipinski definition) is 4. The number of carbonyl (C=O) groups is 1. The van der Waals surface area contributed by atoms with E-state index < -0.39 is 0 Å². The molecule has 1 aromatic heterocycles. The van der Waals surface area contributed by atoms with Crippen LogP contribution in [0.2, 0.25) is 0 Å². The van der Waals surface area contributed by atoms with Crippen molar-refractivity contribution in [1.29, 1.82) is 0 Å². The molecule has 0 radical (unpaired) electrons. The molecule has 1 heterocycles. The molecule has 118 valence electrons. The number of amides is 1. The predicted octanol–water partition coefficient (Wildman–Crippen LogP) is 4.36. The highest BCUT2D eigenvalue weighted by molar-refractivity contribution is 9.10. The van der Waals surface area contributed by atoms with Crippen molar-refractivity contribution in [2.45, 2.75) is 33.1 Å². The average Bonchev–Trinajstić information content (AvgIpc) is 2.85. The summed E-state index contributed by atoms with van der Waals surface area (Å²) in [6.45, 7) is 4.09. The molecule has 22 heavy (non-hydrogen) atoms. The lowest BCUT2D eigenvalue weighted by Gasteiger charge is -2.06. The number of benzene rings is 1. The SMILES string of the molecule is CCc1nc(NC(=O)CCc2ccc(OC)c(Br)c2)sc1C. The maximum Gasteiger partial charge on any atom is 0.226 e. The highest BCUT2D eigenvalue weighted by Gasteiger charge is 2.10. The number of ether oxygens (including phenoxy) is 1. The number of methoxy groups -OCH3 is 1. The number of anilines is 1. The molecule has 0 fully saturated rings. The first-order chi connectivity index (χ1) is 10.5. The van der Waals surface area contributed by atoms with Crippen molar-refractivity contribution in [1.82, 2.24) is 4.98 Å². The zero-order valence-corrected chi connectivity index (χ0v) is 15.3. The third-order valence-electron chi connectivity index (χ3n) is 3.33. The molecule has 1 aromatic carbocycles. The van der Waals surface area contributed by atoms with Crippen LogP contribution in [0.1, 0.15) is 29.5 Å². The summed E-state index contributed by atoms with van der Waals surface area (Å²) in [5, 5.41) is 3.57. The summed E-state index contributed by atoms with van der Waals surface area (Å²) in [6, 6.07) is 5.85. The van der Waals surface area contributed by atoms with Crippen LogP contribution in [0.5, 0.6) is 5.75 Å². The molecule has 6 heteroatoms. The Labute approximate surface area is 143 Å². The summed E-state index contributed by atoms with van der Waals surface area (Å²) in [5.74, 6) is 0.780. The van der Waals surface area contributed by atoms with Gasteiger partial charge in [0.05, 0.1) is 17.3 Å². The van der Waals surface area contributed by atoms with E-state index in [4.69, 9.17) is 4.74 Å². The minimum atomic E-state index is -0.0108. The van der Waals surface area contributed by atoms with E-state index in [9.17, 15) is 4.79 Å². The normalized spacial score (nSPS) is 10.5. The third-order valence-corrected chi connectivity index (χ3v) is 4.88. The van der Waals surface area contributed by atoms with E-state index >= 15 is 0 Å². The zero-order chi connectivity index (χ0) is 16.1. The van der Waals surface area contributed by atoms with Crippen molar-refractivity contribution >= 4 is 38.3 Å². The van der Waals surface area contributed by atoms with E-state index in [0.717, 1.165) is 32.8 Å². The van der Waals surface area contributed by atoms with Gasteiger partial charge in [-0.05, 0) is 53.4 Å². The predicted molar refractivity (Wildman–Crippen MR) is 93.9 cm³/mol. The molecule has 1 amide bonds. The second-order valence-corrected chi connectivity index (χ2v) is 6.95. The standard InChI is InChI=1S/C16H19BrN2O2S/c1-4-13-10(2)22-16(18-13)19-15(20)8-6-11-5-7-14(21-3)12(17)9-11/h5,7,9H,4,6,8H2,1-3H3,(H,18,19,20). The van der Waals surface area contributed by atoms with Crippen LogP contribution in [-0.4, -0.2) is 18.0 Å². The van der Waals surface area contributed by atoms with E-state index in [-0.39, 0.29) is 5.91 Å². The molecule has 0 saturated carbocycles. The molecule has 0 saturated heterocycles. The smallest absolute Gasteiger partial charge is 0.226 e. The Morgan fingerprint density at radius 2 is 2.23 bits per heavy atom. The highest BCUT2D eigenvalue weighted by atomic mass is 79.9. The van der Waals surface area contributed by atoms with Gasteiger partial charge in [-0.2, -0.15) is 0 Å². The van der Waals surface area contributed by atoms with Crippen LogP contribution >= 0.6 is 27.3 Å². The molecule has 0 spiro atoms. The number of thiazole rings is 1. The fraction of sp³-hybridized carbons (Fsp3) is 0.375. The van der Waals surface area contributed by atoms with Crippen molar-refractivity contribution in [2.24, 2.45) is 0 Å². The second-order valence-electron chi connectivity index (χ2n) is 4.89. The van der Waals surface area contributed by atoms with Crippen LogP contribution in [0.3, 0.4) is 0 Å². The van der Waals surface area contributed by atoms with Crippen LogP contribution in [0, 0.1) is 6.92 Å². The zero-order valence-electron chi connectivity index (χ0n) is 12.9. The van der Waals surface area contributed by atoms with Gasteiger partial charge in [0, 0.05) is 11.3 Å². The van der Waals surface area contributed by atoms with Gasteiger partial charge in [0.1, 0.15) is 5.75 Å². The summed E-state index contributed by atoms with van der Waals surface area (Å²) in [4.78, 5) is 17.6. The minimum absolute atomic E-state index is 0.0108. The van der Waals surface area contributed by atoms with E-state index in [1.165, 1.54) is 11.3 Å². The number of carbonyl (C=O) groups excluding carboxylic acids is 1. The molecule has 0 atom stereocenters. The third kappa shape index (κ3) is 4.30. The fourth-order valence-electron chi connectivity index (χ4n) is 2.11. The van der Waals surface area contributed by atoms with Crippen LogP contribution in [-0.2, 0) is 17.6 Å². The van der Waals surface area contributed by atoms with Crippen LogP contribution in [0.25, 0.3) is 0 Å². The second kappa shape index (κ2) is 7.74. The van der Waals surface area contributed by atoms with Crippen LogP contribution in [0.15, 0.2) is 22.7 Å². The van der Waals surface area contributed by atoms with Crippen molar-refractivity contribution in [3.05, 3.63) is 38.8 Å². The van der Waals surface area contributed by atoms with E-state index in [2.05, 4.69) is 33.2 Å². The first kappa shape index (κ1) is 17.0. The van der Waals surface area contributed by atoms with Gasteiger partial charge in [-0.1, -0.05) is 13.0 Å². The molecule has 0 bridgehead atoms. The van der Waals surface area contributed by atoms with Gasteiger partial charge in [0.2, 0.25) is 5.91 Å². The quantitative estimate of drug-likeness (QED) is 0.807. The number of nitrogens with zero attached hydrogens (tertiary/aromatic N) is 1. The number of nitrogens with one attached hydrogen (secondary N) is 1. The summed E-state index contributed by atoms with van der Waals surface area (Å²) in [6.07, 6.45) is 2.00. The number of rotatable bonds is 6. The maximum absolute atomic E-state index is 12.0. The lowest BCUT2D eigenvalue weighted by Crippen LogP contribution is -2.12. The molecule has 2 rings (SSSR count). The van der Waals surface area contributed by atoms with E-state index in [1.54, 1.807) is 7.11 Å². The molecule has 0 aliphatic heterocycles. The molecule has 2 aromatic rings. The van der Waals surface area contributed by atoms with Gasteiger partial charge in [-0.15, -0.1) is 11.3 Å². The first-order valence-electron chi connectivity index (χ1n) is 7.12. The summed E-state index contributed by atoms with van der Waals surface area (Å²) in [7, 11) is 1.63. The number of halogens is 1. The van der Waals surface area contributed by atoms with Gasteiger partial charge < -0.3 is 10.1 Å². The topological polar surface area (TPSA) is 51.2 Å². The van der Waals surface area contributed by atoms with Crippen molar-refractivity contribution < 1.29 is 9.53 Å². The number of aryl methyl sites for hydroxylation is 3. The molecule has 0 unspecified atom stereocenters. The van der Waals surface area contributed by atoms with Crippen molar-refractivity contribution in [2.75, 3.05) is 12.4 Å². The molecule has 1 N–H and O–H groups in total. The van der Waals surface area contributed by atoms with Gasteiger partial charge in [-0.3, -0.25) is 4.79 Å². The Kier molecular flexibility index (Phi) is 5.97. The molecule has 4 nitrogen and oxygen atoms in total. The lowest BCUT2D eigenvalue weighted by molar-refractivity contribution is -0.116. The Morgan fingerprint density at radius 1 is 1.45 bits per heavy atom. The molecular weight excluding hydrogens is 364 g/mol. The summed E-state index contributed by atoms with van der Waals surface area (Å²) in [5.41, 5.74) is 2.15. The Hall–Kier alpha value is -1.40. The van der Waals surface area contributed by atoms with E-state index in [1.807, 2.05) is 25.1 Å². The van der Waals surface area contributed by atoms with Gasteiger partial charge in [0.25, 0.3) is 0 Å². The van der Waals surface area contributed by atoms with Crippen LogP contribution < -0.4 is 10.1 Å². The first-order valence-corrected chi connectivity index (χ1v) is 8.73. The number of aromatic nitrogens is 1. The van der Waals surface area contributed by atoms with Gasteiger partial charge in [0.15, 0.2) is 5.13 Å². The van der Waals surface area contributed by atoms with Crippen molar-refractivity contribution in [3.63, 3.8) is 0 Å². The number of hydrogen-bond donors (Lipinski definition) is 1. The summed E-state index contributed by atoms with van der Waals surface area (Å²) >= 11 is 4.98. The highest BCUT2D eigenvalue weighted by Crippen LogP contribution is 2.26. The monoisotopic (exact) mass is 382 g/mol. The van der Waals surface area contributed by atoms with Crippen LogP contribution in [0.4, 0.5) is 5.13 Å². The molecular formula is C16H19BrN2O2S. The summed E-state index contributed by atoms with van der Waals surface area (Å²) < 4.78 is 6.09. The van der Waals surface area contributed by atoms with Gasteiger partial charge in [-0.25, -0.2) is 4.98 Å². The largest absolute Gasteiger partial charge is 0.496 e. The van der Waals surface area contributed by atoms with Crippen molar-refractivity contribution in [3.8, 4) is 5.75 Å². The maximum atomic E-state index is 12.0. The average molecular weight is 383 g/mol. The fourth-order valence-corrected chi connectivity index (χ4v) is 3.62.